The van der Waals surface area contributed by atoms with Gasteiger partial charge in [-0.1, -0.05) is 24.3 Å². The van der Waals surface area contributed by atoms with Crippen LogP contribution in [0, 0.1) is 0 Å². The Morgan fingerprint density at radius 3 is 2.75 bits per heavy atom. The van der Waals surface area contributed by atoms with Gasteiger partial charge in [0.15, 0.2) is 5.69 Å². The van der Waals surface area contributed by atoms with Crippen molar-refractivity contribution in [2.24, 2.45) is 0 Å². The number of carboxylic acids is 1. The minimum absolute atomic E-state index is 0.0586. The summed E-state index contributed by atoms with van der Waals surface area (Å²) in [6.07, 6.45) is 0. The maximum absolute atomic E-state index is 11.2. The van der Waals surface area contributed by atoms with Crippen LogP contribution in [-0.4, -0.2) is 47.6 Å². The SMILES string of the molecule is CC(CN(C)C)Nc1nc(C(=O)O)cc2ccccc12. The van der Waals surface area contributed by atoms with Crippen molar-refractivity contribution in [3.63, 3.8) is 0 Å². The fourth-order valence-corrected chi connectivity index (χ4v) is 2.25. The molecule has 1 aromatic carbocycles. The summed E-state index contributed by atoms with van der Waals surface area (Å²) in [7, 11) is 3.99. The zero-order chi connectivity index (χ0) is 14.7. The van der Waals surface area contributed by atoms with Crippen molar-refractivity contribution in [1.29, 1.82) is 0 Å². The van der Waals surface area contributed by atoms with Crippen molar-refractivity contribution < 1.29 is 9.90 Å². The van der Waals surface area contributed by atoms with E-state index in [1.54, 1.807) is 6.07 Å². The normalized spacial score (nSPS) is 12.6. The highest BCUT2D eigenvalue weighted by atomic mass is 16.4. The summed E-state index contributed by atoms with van der Waals surface area (Å²) in [4.78, 5) is 17.5. The molecule has 0 aliphatic carbocycles. The summed E-state index contributed by atoms with van der Waals surface area (Å²) >= 11 is 0. The van der Waals surface area contributed by atoms with Crippen LogP contribution in [0.1, 0.15) is 17.4 Å². The van der Waals surface area contributed by atoms with Gasteiger partial charge in [0.2, 0.25) is 0 Å². The molecular formula is C15H19N3O2. The van der Waals surface area contributed by atoms with Crippen molar-refractivity contribution >= 4 is 22.6 Å². The Balaban J connectivity index is 2.42. The van der Waals surface area contributed by atoms with Crippen molar-refractivity contribution in [2.75, 3.05) is 26.0 Å². The number of likely N-dealkylation sites (N-methyl/N-ethyl adjacent to an activating group) is 1. The molecule has 2 rings (SSSR count). The molecule has 0 amide bonds. The van der Waals surface area contributed by atoms with Crippen LogP contribution < -0.4 is 5.32 Å². The number of hydrogen-bond donors (Lipinski definition) is 2. The number of aromatic nitrogens is 1. The van der Waals surface area contributed by atoms with Gasteiger partial charge in [0.25, 0.3) is 0 Å². The van der Waals surface area contributed by atoms with Gasteiger partial charge in [0.05, 0.1) is 0 Å². The number of pyridine rings is 1. The van der Waals surface area contributed by atoms with Gasteiger partial charge < -0.3 is 15.3 Å². The van der Waals surface area contributed by atoms with Crippen LogP contribution in [0.15, 0.2) is 30.3 Å². The third kappa shape index (κ3) is 3.24. The fraction of sp³-hybridized carbons (Fsp3) is 0.333. The second kappa shape index (κ2) is 5.88. The molecular weight excluding hydrogens is 254 g/mol. The number of nitrogens with one attached hydrogen (secondary N) is 1. The summed E-state index contributed by atoms with van der Waals surface area (Å²) in [6, 6.07) is 9.42. The largest absolute Gasteiger partial charge is 0.477 e. The summed E-state index contributed by atoms with van der Waals surface area (Å²) < 4.78 is 0. The van der Waals surface area contributed by atoms with E-state index in [-0.39, 0.29) is 11.7 Å². The summed E-state index contributed by atoms with van der Waals surface area (Å²) in [5.74, 6) is -0.395. The molecule has 1 aromatic heterocycles. The first-order valence-electron chi connectivity index (χ1n) is 6.51. The third-order valence-electron chi connectivity index (χ3n) is 2.98. The van der Waals surface area contributed by atoms with E-state index in [2.05, 4.69) is 15.2 Å². The number of aromatic carboxylic acids is 1. The summed E-state index contributed by atoms with van der Waals surface area (Å²) in [6.45, 7) is 2.89. The minimum Gasteiger partial charge on any atom is -0.477 e. The number of fused-ring (bicyclic) bond motifs is 1. The van der Waals surface area contributed by atoms with Crippen LogP contribution >= 0.6 is 0 Å². The van der Waals surface area contributed by atoms with Crippen LogP contribution in [-0.2, 0) is 0 Å². The van der Waals surface area contributed by atoms with Crippen LogP contribution in [0.4, 0.5) is 5.82 Å². The van der Waals surface area contributed by atoms with Crippen LogP contribution in [0.3, 0.4) is 0 Å². The first kappa shape index (κ1) is 14.3. The molecule has 0 radical (unpaired) electrons. The van der Waals surface area contributed by atoms with E-state index in [4.69, 9.17) is 5.11 Å². The molecule has 20 heavy (non-hydrogen) atoms. The maximum atomic E-state index is 11.2. The second-order valence-electron chi connectivity index (χ2n) is 5.19. The highest BCUT2D eigenvalue weighted by Crippen LogP contribution is 2.23. The number of carbonyl (C=O) groups is 1. The molecule has 0 saturated carbocycles. The maximum Gasteiger partial charge on any atom is 0.354 e. The predicted molar refractivity (Wildman–Crippen MR) is 80.3 cm³/mol. The number of benzene rings is 1. The van der Waals surface area contributed by atoms with Crippen LogP contribution in [0.5, 0.6) is 0 Å². The zero-order valence-corrected chi connectivity index (χ0v) is 11.9. The van der Waals surface area contributed by atoms with E-state index in [9.17, 15) is 4.79 Å². The average molecular weight is 273 g/mol. The lowest BCUT2D eigenvalue weighted by molar-refractivity contribution is 0.0691. The fourth-order valence-electron chi connectivity index (χ4n) is 2.25. The number of anilines is 1. The summed E-state index contributed by atoms with van der Waals surface area (Å²) in [5.41, 5.74) is 0.0586. The first-order valence-corrected chi connectivity index (χ1v) is 6.51. The van der Waals surface area contributed by atoms with E-state index in [1.165, 1.54) is 0 Å². The topological polar surface area (TPSA) is 65.5 Å². The molecule has 0 saturated heterocycles. The highest BCUT2D eigenvalue weighted by molar-refractivity contribution is 5.97. The molecule has 5 heteroatoms. The Morgan fingerprint density at radius 2 is 2.10 bits per heavy atom. The Labute approximate surface area is 118 Å². The minimum atomic E-state index is -1.01. The molecule has 0 bridgehead atoms. The van der Waals surface area contributed by atoms with Gasteiger partial charge in [-0.15, -0.1) is 0 Å². The Kier molecular flexibility index (Phi) is 4.20. The van der Waals surface area contributed by atoms with Gasteiger partial charge in [-0.3, -0.25) is 0 Å². The van der Waals surface area contributed by atoms with Crippen molar-refractivity contribution in [2.45, 2.75) is 13.0 Å². The zero-order valence-electron chi connectivity index (χ0n) is 11.9. The van der Waals surface area contributed by atoms with Crippen molar-refractivity contribution in [1.82, 2.24) is 9.88 Å². The standard InChI is InChI=1S/C15H19N3O2/c1-10(9-18(2)3)16-14-12-7-5-4-6-11(12)8-13(17-14)15(19)20/h4-8,10H,9H2,1-3H3,(H,16,17)(H,19,20). The summed E-state index contributed by atoms with van der Waals surface area (Å²) in [5, 5.41) is 14.3. The molecule has 5 nitrogen and oxygen atoms in total. The Morgan fingerprint density at radius 1 is 1.40 bits per heavy atom. The van der Waals surface area contributed by atoms with Gasteiger partial charge in [-0.2, -0.15) is 0 Å². The molecule has 106 valence electrons. The van der Waals surface area contributed by atoms with Gasteiger partial charge >= 0.3 is 5.97 Å². The third-order valence-corrected chi connectivity index (χ3v) is 2.98. The van der Waals surface area contributed by atoms with Crippen molar-refractivity contribution in [3.05, 3.63) is 36.0 Å². The van der Waals surface area contributed by atoms with Gasteiger partial charge in [0, 0.05) is 18.0 Å². The van der Waals surface area contributed by atoms with E-state index in [1.807, 2.05) is 45.3 Å². The monoisotopic (exact) mass is 273 g/mol. The number of nitrogens with zero attached hydrogens (tertiary/aromatic N) is 2. The average Bonchev–Trinajstić information content (AvgIpc) is 2.37. The van der Waals surface area contributed by atoms with Crippen LogP contribution in [0.2, 0.25) is 0 Å². The molecule has 0 aliphatic heterocycles. The molecule has 2 N–H and O–H groups in total. The predicted octanol–water partition coefficient (Wildman–Crippen LogP) is 2.29. The van der Waals surface area contributed by atoms with Crippen LogP contribution in [0.25, 0.3) is 10.8 Å². The Hall–Kier alpha value is -2.14. The van der Waals surface area contributed by atoms with Crippen molar-refractivity contribution in [3.8, 4) is 0 Å². The Bertz CT molecular complexity index is 626. The molecule has 0 spiro atoms. The van der Waals surface area contributed by atoms with E-state index >= 15 is 0 Å². The lowest BCUT2D eigenvalue weighted by atomic mass is 10.1. The highest BCUT2D eigenvalue weighted by Gasteiger charge is 2.12. The smallest absolute Gasteiger partial charge is 0.354 e. The van der Waals surface area contributed by atoms with E-state index in [0.717, 1.165) is 17.3 Å². The molecule has 0 aliphatic rings. The first-order chi connectivity index (χ1) is 9.47. The molecule has 1 atom stereocenters. The molecule has 0 fully saturated rings. The van der Waals surface area contributed by atoms with Gasteiger partial charge in [-0.05, 0) is 32.5 Å². The van der Waals surface area contributed by atoms with E-state index < -0.39 is 5.97 Å². The number of rotatable bonds is 5. The quantitative estimate of drug-likeness (QED) is 0.875. The second-order valence-corrected chi connectivity index (χ2v) is 5.19. The number of hydrogen-bond acceptors (Lipinski definition) is 4. The van der Waals surface area contributed by atoms with Gasteiger partial charge in [0.1, 0.15) is 5.82 Å². The molecule has 1 heterocycles. The molecule has 2 aromatic rings. The molecule has 1 unspecified atom stereocenters. The number of carboxylic acid groups (broad SMARTS) is 1. The lowest BCUT2D eigenvalue weighted by Gasteiger charge is -2.20. The lowest BCUT2D eigenvalue weighted by Crippen LogP contribution is -2.30. The van der Waals surface area contributed by atoms with E-state index in [0.29, 0.717) is 5.82 Å². The van der Waals surface area contributed by atoms with Gasteiger partial charge in [-0.25, -0.2) is 9.78 Å².